The smallest absolute Gasteiger partial charge is 0.234 e. The summed E-state index contributed by atoms with van der Waals surface area (Å²) < 4.78 is 2.09. The number of rotatable bonds is 10. The zero-order valence-electron chi connectivity index (χ0n) is 19.1. The van der Waals surface area contributed by atoms with E-state index in [-0.39, 0.29) is 5.91 Å². The Balaban J connectivity index is 1.61. The molecular formula is C24H35N5OS. The van der Waals surface area contributed by atoms with Crippen LogP contribution in [0.5, 0.6) is 0 Å². The number of carbonyl (C=O) groups is 1. The number of para-hydroxylation sites is 1. The van der Waals surface area contributed by atoms with Crippen molar-refractivity contribution < 1.29 is 4.79 Å². The Morgan fingerprint density at radius 1 is 1.26 bits per heavy atom. The molecule has 0 spiro atoms. The molecule has 3 rings (SSSR count). The van der Waals surface area contributed by atoms with Gasteiger partial charge in [0, 0.05) is 25.2 Å². The highest BCUT2D eigenvalue weighted by Gasteiger charge is 2.17. The predicted octanol–water partition coefficient (Wildman–Crippen LogP) is 4.66. The molecule has 1 amide bonds. The van der Waals surface area contributed by atoms with Crippen molar-refractivity contribution in [1.29, 1.82) is 0 Å². The van der Waals surface area contributed by atoms with Crippen molar-refractivity contribution in [2.24, 2.45) is 0 Å². The molecule has 2 heterocycles. The van der Waals surface area contributed by atoms with E-state index >= 15 is 0 Å². The molecule has 0 saturated carbocycles. The number of thioether (sulfide) groups is 1. The van der Waals surface area contributed by atoms with Gasteiger partial charge in [0.05, 0.1) is 5.75 Å². The molecule has 1 aliphatic heterocycles. The fraction of sp³-hybridized carbons (Fsp3) is 0.542. The highest BCUT2D eigenvalue weighted by atomic mass is 32.2. The van der Waals surface area contributed by atoms with Gasteiger partial charge in [0.15, 0.2) is 5.16 Å². The number of aryl methyl sites for hydroxylation is 1. The highest BCUT2D eigenvalue weighted by Crippen LogP contribution is 2.28. The van der Waals surface area contributed by atoms with Crippen molar-refractivity contribution in [3.05, 3.63) is 47.8 Å². The van der Waals surface area contributed by atoms with E-state index in [1.807, 2.05) is 25.1 Å². The normalized spacial score (nSPS) is 14.7. The van der Waals surface area contributed by atoms with Crippen LogP contribution < -0.4 is 5.32 Å². The molecule has 1 aromatic heterocycles. The van der Waals surface area contributed by atoms with Gasteiger partial charge in [-0.25, -0.2) is 0 Å². The lowest BCUT2D eigenvalue weighted by Crippen LogP contribution is -2.32. The average Bonchev–Trinajstić information content (AvgIpc) is 3.14. The topological polar surface area (TPSA) is 63.1 Å². The molecule has 1 fully saturated rings. The minimum Gasteiger partial charge on any atom is -0.325 e. The Kier molecular flexibility index (Phi) is 8.72. The van der Waals surface area contributed by atoms with Crippen LogP contribution in [0.15, 0.2) is 36.0 Å². The minimum atomic E-state index is -0.0239. The van der Waals surface area contributed by atoms with Crippen LogP contribution in [-0.4, -0.2) is 51.0 Å². The van der Waals surface area contributed by atoms with E-state index in [1.165, 1.54) is 44.1 Å². The van der Waals surface area contributed by atoms with E-state index in [0.717, 1.165) is 40.8 Å². The number of nitrogens with zero attached hydrogens (tertiary/aromatic N) is 4. The van der Waals surface area contributed by atoms with Gasteiger partial charge in [0.2, 0.25) is 5.91 Å². The van der Waals surface area contributed by atoms with Crippen LogP contribution in [0.2, 0.25) is 0 Å². The molecule has 1 aromatic carbocycles. The molecule has 1 N–H and O–H groups in total. The number of likely N-dealkylation sites (tertiary alicyclic amines) is 1. The summed E-state index contributed by atoms with van der Waals surface area (Å²) in [4.78, 5) is 15.2. The summed E-state index contributed by atoms with van der Waals surface area (Å²) in [7, 11) is 0. The molecule has 0 aliphatic carbocycles. The van der Waals surface area contributed by atoms with Gasteiger partial charge in [-0.1, -0.05) is 56.3 Å². The Labute approximate surface area is 190 Å². The molecule has 0 radical (unpaired) electrons. The Bertz CT molecular complexity index is 886. The first kappa shape index (κ1) is 23.5. The molecule has 6 nitrogen and oxygen atoms in total. The van der Waals surface area contributed by atoms with Crippen molar-refractivity contribution in [2.45, 2.75) is 64.1 Å². The number of piperidine rings is 1. The van der Waals surface area contributed by atoms with Crippen molar-refractivity contribution >= 4 is 23.4 Å². The number of nitrogens with one attached hydrogen (secondary N) is 1. The molecular weight excluding hydrogens is 406 g/mol. The van der Waals surface area contributed by atoms with E-state index in [1.54, 1.807) is 0 Å². The number of amides is 1. The fourth-order valence-electron chi connectivity index (χ4n) is 4.01. The molecule has 31 heavy (non-hydrogen) atoms. The number of carbonyl (C=O) groups excluding carboxylic acids is 1. The standard InChI is InChI=1S/C24H35N5OS/c1-5-13-29-21(12-16-28-14-7-6-8-15-28)26-27-24(29)31-17-22(30)25-23-19(4)10-9-11-20(23)18(2)3/h5,9-11,18H,1,6-8,12-17H2,2-4H3,(H,25,30). The molecule has 1 aliphatic rings. The first-order valence-electron chi connectivity index (χ1n) is 11.3. The second-order valence-corrected chi connectivity index (χ2v) is 9.42. The summed E-state index contributed by atoms with van der Waals surface area (Å²) in [6.45, 7) is 14.2. The molecule has 168 valence electrons. The zero-order chi connectivity index (χ0) is 22.2. The number of hydrogen-bond acceptors (Lipinski definition) is 5. The van der Waals surface area contributed by atoms with E-state index < -0.39 is 0 Å². The van der Waals surface area contributed by atoms with Crippen molar-refractivity contribution in [1.82, 2.24) is 19.7 Å². The number of benzene rings is 1. The third kappa shape index (κ3) is 6.43. The Morgan fingerprint density at radius 3 is 2.74 bits per heavy atom. The Hall–Kier alpha value is -2.12. The van der Waals surface area contributed by atoms with E-state index in [4.69, 9.17) is 0 Å². The fourth-order valence-corrected chi connectivity index (χ4v) is 4.78. The molecule has 0 atom stereocenters. The number of aromatic nitrogens is 3. The number of hydrogen-bond donors (Lipinski definition) is 1. The molecule has 2 aromatic rings. The average molecular weight is 442 g/mol. The van der Waals surface area contributed by atoms with E-state index in [2.05, 4.69) is 51.5 Å². The van der Waals surface area contributed by atoms with Gasteiger partial charge in [-0.05, 0) is 49.9 Å². The van der Waals surface area contributed by atoms with Gasteiger partial charge in [0.1, 0.15) is 5.82 Å². The maximum atomic E-state index is 12.7. The lowest BCUT2D eigenvalue weighted by molar-refractivity contribution is -0.113. The van der Waals surface area contributed by atoms with E-state index in [0.29, 0.717) is 18.2 Å². The summed E-state index contributed by atoms with van der Waals surface area (Å²) in [5, 5.41) is 12.7. The van der Waals surface area contributed by atoms with Crippen LogP contribution in [0.3, 0.4) is 0 Å². The van der Waals surface area contributed by atoms with Crippen LogP contribution in [0.4, 0.5) is 5.69 Å². The monoisotopic (exact) mass is 441 g/mol. The van der Waals surface area contributed by atoms with Crippen LogP contribution in [0.1, 0.15) is 56.0 Å². The highest BCUT2D eigenvalue weighted by molar-refractivity contribution is 7.99. The van der Waals surface area contributed by atoms with Gasteiger partial charge in [-0.15, -0.1) is 16.8 Å². The summed E-state index contributed by atoms with van der Waals surface area (Å²) in [5.74, 6) is 1.59. The van der Waals surface area contributed by atoms with Crippen LogP contribution in [-0.2, 0) is 17.8 Å². The van der Waals surface area contributed by atoms with Gasteiger partial charge in [0.25, 0.3) is 0 Å². The molecule has 0 bridgehead atoms. The van der Waals surface area contributed by atoms with Crippen molar-refractivity contribution in [3.8, 4) is 0 Å². The first-order valence-corrected chi connectivity index (χ1v) is 12.3. The third-order valence-electron chi connectivity index (χ3n) is 5.73. The van der Waals surface area contributed by atoms with Gasteiger partial charge >= 0.3 is 0 Å². The van der Waals surface area contributed by atoms with E-state index in [9.17, 15) is 4.79 Å². The quantitative estimate of drug-likeness (QED) is 0.429. The lowest BCUT2D eigenvalue weighted by Gasteiger charge is -2.26. The van der Waals surface area contributed by atoms with Crippen molar-refractivity contribution in [2.75, 3.05) is 30.7 Å². The second kappa shape index (κ2) is 11.5. The zero-order valence-corrected chi connectivity index (χ0v) is 19.9. The van der Waals surface area contributed by atoms with Crippen molar-refractivity contribution in [3.63, 3.8) is 0 Å². The molecule has 0 unspecified atom stereocenters. The van der Waals surface area contributed by atoms with Gasteiger partial charge < -0.3 is 14.8 Å². The minimum absolute atomic E-state index is 0.0239. The van der Waals surface area contributed by atoms with Gasteiger partial charge in [-0.2, -0.15) is 0 Å². The van der Waals surface area contributed by atoms with Crippen LogP contribution in [0.25, 0.3) is 0 Å². The summed E-state index contributed by atoms with van der Waals surface area (Å²) in [6, 6.07) is 6.15. The van der Waals surface area contributed by atoms with Crippen LogP contribution >= 0.6 is 11.8 Å². The van der Waals surface area contributed by atoms with Gasteiger partial charge in [-0.3, -0.25) is 4.79 Å². The SMILES string of the molecule is C=CCn1c(CCN2CCCCC2)nnc1SCC(=O)Nc1c(C)cccc1C(C)C. The maximum Gasteiger partial charge on any atom is 0.234 e. The summed E-state index contributed by atoms with van der Waals surface area (Å²) >= 11 is 1.43. The maximum absolute atomic E-state index is 12.7. The molecule has 7 heteroatoms. The third-order valence-corrected chi connectivity index (χ3v) is 6.70. The number of anilines is 1. The summed E-state index contributed by atoms with van der Waals surface area (Å²) in [6.07, 6.45) is 6.64. The molecule has 1 saturated heterocycles. The lowest BCUT2D eigenvalue weighted by atomic mass is 9.98. The first-order chi connectivity index (χ1) is 15.0. The second-order valence-electron chi connectivity index (χ2n) is 8.48. The largest absolute Gasteiger partial charge is 0.325 e. The number of allylic oxidation sites excluding steroid dienone is 1. The van der Waals surface area contributed by atoms with Crippen LogP contribution in [0, 0.1) is 6.92 Å². The predicted molar refractivity (Wildman–Crippen MR) is 129 cm³/mol. The Morgan fingerprint density at radius 2 is 2.03 bits per heavy atom. The summed E-state index contributed by atoms with van der Waals surface area (Å²) in [5.41, 5.74) is 3.17.